The van der Waals surface area contributed by atoms with Crippen LogP contribution in [0.4, 0.5) is 0 Å². The van der Waals surface area contributed by atoms with E-state index in [0.717, 1.165) is 34.9 Å². The van der Waals surface area contributed by atoms with Crippen molar-refractivity contribution in [1.82, 2.24) is 0 Å². The van der Waals surface area contributed by atoms with Crippen molar-refractivity contribution in [3.63, 3.8) is 0 Å². The first-order valence-electron chi connectivity index (χ1n) is 10.7. The SMILES string of the molecule is O=C(O)c1cccc(C(=O)O)c1CC1C=c2ccc3c(c2CC1)CC=c1cc(Cl)c(Cl)cc1=3. The molecule has 3 aromatic carbocycles. The largest absolute Gasteiger partial charge is 0.478 e. The molecule has 3 aromatic rings. The maximum atomic E-state index is 11.7. The second-order valence-corrected chi connectivity index (χ2v) is 9.35. The average Bonchev–Trinajstić information content (AvgIpc) is 2.79. The molecule has 2 aliphatic rings. The summed E-state index contributed by atoms with van der Waals surface area (Å²) in [4.78, 5) is 23.4. The molecule has 0 saturated carbocycles. The number of carboxylic acids is 2. The molecule has 166 valence electrons. The van der Waals surface area contributed by atoms with Crippen molar-refractivity contribution in [1.29, 1.82) is 0 Å². The maximum Gasteiger partial charge on any atom is 0.335 e. The smallest absolute Gasteiger partial charge is 0.335 e. The molecule has 2 N–H and O–H groups in total. The Kier molecular flexibility index (Phi) is 5.51. The predicted octanol–water partition coefficient (Wildman–Crippen LogP) is 4.60. The van der Waals surface area contributed by atoms with Crippen LogP contribution in [0.5, 0.6) is 0 Å². The molecule has 0 fully saturated rings. The molecule has 1 unspecified atom stereocenters. The molecule has 0 bridgehead atoms. The van der Waals surface area contributed by atoms with Crippen LogP contribution in [0.3, 0.4) is 0 Å². The van der Waals surface area contributed by atoms with Crippen molar-refractivity contribution < 1.29 is 19.8 Å². The van der Waals surface area contributed by atoms with E-state index in [0.29, 0.717) is 22.0 Å². The van der Waals surface area contributed by atoms with Gasteiger partial charge >= 0.3 is 11.9 Å². The van der Waals surface area contributed by atoms with Gasteiger partial charge in [0.25, 0.3) is 0 Å². The molecule has 4 nitrogen and oxygen atoms in total. The third-order valence-electron chi connectivity index (χ3n) is 6.66. The number of carboxylic acid groups (broad SMARTS) is 2. The van der Waals surface area contributed by atoms with Gasteiger partial charge in [0.2, 0.25) is 0 Å². The fourth-order valence-electron chi connectivity index (χ4n) is 5.12. The van der Waals surface area contributed by atoms with Gasteiger partial charge < -0.3 is 10.2 Å². The average molecular weight is 479 g/mol. The quantitative estimate of drug-likeness (QED) is 0.574. The highest BCUT2D eigenvalue weighted by Gasteiger charge is 2.23. The highest BCUT2D eigenvalue weighted by atomic mass is 35.5. The first-order valence-corrected chi connectivity index (χ1v) is 11.5. The maximum absolute atomic E-state index is 11.7. The number of hydrogen-bond acceptors (Lipinski definition) is 2. The van der Waals surface area contributed by atoms with Crippen LogP contribution < -0.4 is 10.4 Å². The van der Waals surface area contributed by atoms with Crippen molar-refractivity contribution in [3.8, 4) is 0 Å². The van der Waals surface area contributed by atoms with E-state index in [1.807, 2.05) is 12.1 Å². The van der Waals surface area contributed by atoms with Gasteiger partial charge in [-0.3, -0.25) is 0 Å². The third kappa shape index (κ3) is 3.84. The van der Waals surface area contributed by atoms with Crippen molar-refractivity contribution in [2.24, 2.45) is 5.92 Å². The van der Waals surface area contributed by atoms with Gasteiger partial charge in [0, 0.05) is 0 Å². The summed E-state index contributed by atoms with van der Waals surface area (Å²) >= 11 is 12.5. The molecular formula is C27H20Cl2O4. The number of carbonyl (C=O) groups is 2. The minimum atomic E-state index is -1.11. The zero-order valence-corrected chi connectivity index (χ0v) is 19.1. The Labute approximate surface area is 199 Å². The summed E-state index contributed by atoms with van der Waals surface area (Å²) in [6.07, 6.45) is 7.20. The van der Waals surface area contributed by atoms with E-state index in [-0.39, 0.29) is 17.0 Å². The minimum Gasteiger partial charge on any atom is -0.478 e. The van der Waals surface area contributed by atoms with Crippen LogP contribution in [0.1, 0.15) is 43.8 Å². The van der Waals surface area contributed by atoms with Crippen molar-refractivity contribution in [2.75, 3.05) is 0 Å². The fraction of sp³-hybridized carbons (Fsp3) is 0.185. The van der Waals surface area contributed by atoms with Crippen molar-refractivity contribution in [3.05, 3.63) is 101 Å². The van der Waals surface area contributed by atoms with E-state index in [1.165, 1.54) is 34.5 Å². The molecular weight excluding hydrogens is 459 g/mol. The lowest BCUT2D eigenvalue weighted by Crippen LogP contribution is -2.24. The topological polar surface area (TPSA) is 74.6 Å². The Bertz CT molecular complexity index is 1520. The molecule has 6 heteroatoms. The van der Waals surface area contributed by atoms with Crippen LogP contribution in [0, 0.1) is 16.4 Å². The second kappa shape index (κ2) is 8.36. The van der Waals surface area contributed by atoms with Crippen molar-refractivity contribution in [2.45, 2.75) is 25.7 Å². The second-order valence-electron chi connectivity index (χ2n) is 8.53. The van der Waals surface area contributed by atoms with Gasteiger partial charge in [-0.1, -0.05) is 53.6 Å². The number of fused-ring (bicyclic) bond motifs is 4. The van der Waals surface area contributed by atoms with E-state index < -0.39 is 11.9 Å². The fourth-order valence-corrected chi connectivity index (χ4v) is 5.46. The summed E-state index contributed by atoms with van der Waals surface area (Å²) in [6.45, 7) is 0. The van der Waals surface area contributed by atoms with Gasteiger partial charge in [0.1, 0.15) is 0 Å². The normalized spacial score (nSPS) is 16.0. The van der Waals surface area contributed by atoms with Crippen LogP contribution in [-0.2, 0) is 19.3 Å². The summed E-state index contributed by atoms with van der Waals surface area (Å²) < 4.78 is 0. The zero-order valence-electron chi connectivity index (χ0n) is 17.6. The molecule has 0 amide bonds. The molecule has 1 atom stereocenters. The first-order chi connectivity index (χ1) is 15.8. The van der Waals surface area contributed by atoms with Gasteiger partial charge in [-0.05, 0) is 93.4 Å². The van der Waals surface area contributed by atoms with Crippen LogP contribution >= 0.6 is 23.2 Å². The van der Waals surface area contributed by atoms with Crippen LogP contribution in [0.25, 0.3) is 12.2 Å². The molecule has 0 radical (unpaired) electrons. The third-order valence-corrected chi connectivity index (χ3v) is 7.38. The Morgan fingerprint density at radius 1 is 0.879 bits per heavy atom. The summed E-state index contributed by atoms with van der Waals surface area (Å²) in [7, 11) is 0. The summed E-state index contributed by atoms with van der Waals surface area (Å²) in [5, 5.41) is 24.7. The highest BCUT2D eigenvalue weighted by Crippen LogP contribution is 2.27. The summed E-state index contributed by atoms with van der Waals surface area (Å²) in [5.41, 5.74) is 3.07. The molecule has 33 heavy (non-hydrogen) atoms. The molecule has 5 rings (SSSR count). The van der Waals surface area contributed by atoms with E-state index >= 15 is 0 Å². The standard InChI is InChI=1S/C27H20Cl2O4/c28-24-12-16-6-8-18-17-7-4-14(10-15(17)5-9-19(18)22(16)13-25(24)29)11-23-20(26(30)31)2-1-3-21(23)27(32)33/h1-3,5-6,9-10,12-14H,4,7-8,11H2,(H,30,31)(H,32,33). The molecule has 0 aliphatic heterocycles. The highest BCUT2D eigenvalue weighted by molar-refractivity contribution is 6.41. The predicted molar refractivity (Wildman–Crippen MR) is 128 cm³/mol. The molecule has 0 spiro atoms. The van der Waals surface area contributed by atoms with E-state index in [2.05, 4.69) is 24.3 Å². The Morgan fingerprint density at radius 3 is 2.27 bits per heavy atom. The first kappa shape index (κ1) is 21.7. The number of rotatable bonds is 4. The Hall–Kier alpha value is -3.08. The Morgan fingerprint density at radius 2 is 1.58 bits per heavy atom. The lowest BCUT2D eigenvalue weighted by molar-refractivity contribution is 0.0695. The number of halogens is 2. The van der Waals surface area contributed by atoms with Gasteiger partial charge in [-0.2, -0.15) is 0 Å². The Balaban J connectivity index is 1.61. The van der Waals surface area contributed by atoms with Gasteiger partial charge in [0.05, 0.1) is 21.2 Å². The molecule has 0 heterocycles. The van der Waals surface area contributed by atoms with E-state index in [9.17, 15) is 19.8 Å². The van der Waals surface area contributed by atoms with Crippen LogP contribution in [-0.4, -0.2) is 22.2 Å². The number of aromatic carboxylic acids is 2. The van der Waals surface area contributed by atoms with Crippen LogP contribution in [0.15, 0.2) is 42.5 Å². The monoisotopic (exact) mass is 478 g/mol. The summed E-state index contributed by atoms with van der Waals surface area (Å²) in [6, 6.07) is 12.5. The minimum absolute atomic E-state index is 0.0567. The van der Waals surface area contributed by atoms with E-state index in [1.54, 1.807) is 0 Å². The zero-order chi connectivity index (χ0) is 23.3. The lowest BCUT2D eigenvalue weighted by atomic mass is 9.81. The van der Waals surface area contributed by atoms with Gasteiger partial charge in [0.15, 0.2) is 0 Å². The summed E-state index contributed by atoms with van der Waals surface area (Å²) in [5.74, 6) is -2.15. The van der Waals surface area contributed by atoms with E-state index in [4.69, 9.17) is 23.2 Å². The van der Waals surface area contributed by atoms with Crippen LogP contribution in [0.2, 0.25) is 10.0 Å². The van der Waals surface area contributed by atoms with Crippen molar-refractivity contribution >= 4 is 47.3 Å². The lowest BCUT2D eigenvalue weighted by Gasteiger charge is -2.23. The number of benzene rings is 3. The molecule has 2 aliphatic carbocycles. The molecule has 0 aromatic heterocycles. The van der Waals surface area contributed by atoms with Gasteiger partial charge in [-0.15, -0.1) is 0 Å². The number of hydrogen-bond donors (Lipinski definition) is 2. The van der Waals surface area contributed by atoms with Gasteiger partial charge in [-0.25, -0.2) is 9.59 Å². The molecule has 0 saturated heterocycles.